The molecule has 14 nitrogen and oxygen atoms in total. The molecule has 4 fully saturated rings. The number of anilines is 1. The third-order valence-electron chi connectivity index (χ3n) is 13.5. The average molecular weight is 810 g/mol. The molecule has 2 saturated carbocycles. The van der Waals surface area contributed by atoms with E-state index in [9.17, 15) is 29.2 Å². The average Bonchev–Trinajstić information content (AvgIpc) is 3.65. The van der Waals surface area contributed by atoms with E-state index in [1.807, 2.05) is 23.1 Å². The zero-order chi connectivity index (χ0) is 42.2. The second-order valence-corrected chi connectivity index (χ2v) is 17.9. The molecule has 308 valence electrons. The van der Waals surface area contributed by atoms with Crippen LogP contribution >= 0.6 is 0 Å². The maximum atomic E-state index is 13.8. The summed E-state index contributed by atoms with van der Waals surface area (Å²) in [5, 5.41) is 11.6. The van der Waals surface area contributed by atoms with Gasteiger partial charge in [0, 0.05) is 73.2 Å². The number of rotatable bonds is 7. The van der Waals surface area contributed by atoms with Gasteiger partial charge in [0.25, 0.3) is 17.7 Å². The normalized spacial score (nSPS) is 26.6. The molecule has 1 unspecified atom stereocenters. The van der Waals surface area contributed by atoms with E-state index in [0.29, 0.717) is 46.5 Å². The van der Waals surface area contributed by atoms with Crippen LogP contribution < -0.4 is 19.7 Å². The van der Waals surface area contributed by atoms with Gasteiger partial charge in [-0.15, -0.1) is 0 Å². The van der Waals surface area contributed by atoms with E-state index >= 15 is 0 Å². The molecule has 4 aliphatic heterocycles. The van der Waals surface area contributed by atoms with Gasteiger partial charge in [0.1, 0.15) is 35.4 Å². The minimum atomic E-state index is -0.984. The van der Waals surface area contributed by atoms with E-state index in [4.69, 9.17) is 14.5 Å². The van der Waals surface area contributed by atoms with Crippen LogP contribution in [0, 0.1) is 39.9 Å². The van der Waals surface area contributed by atoms with Crippen LogP contribution in [0.2, 0.25) is 0 Å². The highest BCUT2D eigenvalue weighted by Gasteiger charge is 2.67. The lowest BCUT2D eigenvalue weighted by Crippen LogP contribution is -2.74. The summed E-state index contributed by atoms with van der Waals surface area (Å²) in [4.78, 5) is 76.9. The highest BCUT2D eigenvalue weighted by molar-refractivity contribution is 6.23. The number of carbonyl (C=O) groups excluding carboxylic acids is 5. The van der Waals surface area contributed by atoms with Crippen LogP contribution in [0.5, 0.6) is 11.5 Å². The SMILES string of the molecule is COc1cc(O[C@H]2C(C)(C)[C@H](N3Cc4nc(C#C[C@H]5C[C@H](N6CCN(c7ccc8c(c7)C(=O)N(C7CCC(=O)NC7=O)C8=O)CC6)C5)ccc4C3=O)C2(C)C)ccc1C#N. The Hall–Kier alpha value is -6.25. The van der Waals surface area contributed by atoms with E-state index < -0.39 is 29.7 Å². The fourth-order valence-corrected chi connectivity index (χ4v) is 10.9. The highest BCUT2D eigenvalue weighted by Crippen LogP contribution is 2.59. The molecule has 2 aromatic carbocycles. The number of nitrogens with zero attached hydrogens (tertiary/aromatic N) is 6. The molecule has 5 amide bonds. The standard InChI is InChI=1S/C46H47N7O7/c1-45(2)43(46(3,4)44(45)60-31-11-7-27(24-47)37(23-31)59-5)52-25-35-33(40(52)56)12-9-28(48-35)8-6-26-20-30(21-26)51-18-16-50(17-19-51)29-10-13-32-34(22-29)42(58)53(41(32)57)36-14-15-38(54)49-39(36)55/h7,9-13,22-23,26,30,36,43-44H,14-21,25H2,1-5H3,(H,49,54,55)/t26-,30-,36?,43-,44-. The minimum absolute atomic E-state index is 0.0280. The molecule has 0 spiro atoms. The Labute approximate surface area is 348 Å². The summed E-state index contributed by atoms with van der Waals surface area (Å²) in [6.07, 6.45) is 1.96. The van der Waals surface area contributed by atoms with Crippen LogP contribution in [0.4, 0.5) is 5.69 Å². The fourth-order valence-electron chi connectivity index (χ4n) is 10.9. The summed E-state index contributed by atoms with van der Waals surface area (Å²) < 4.78 is 11.9. The molecule has 60 heavy (non-hydrogen) atoms. The summed E-state index contributed by atoms with van der Waals surface area (Å²) in [6.45, 7) is 12.2. The fraction of sp³-hybridized carbons (Fsp3) is 0.457. The third kappa shape index (κ3) is 6.36. The zero-order valence-electron chi connectivity index (χ0n) is 34.4. The molecule has 9 rings (SSSR count). The Morgan fingerprint density at radius 3 is 2.27 bits per heavy atom. The maximum Gasteiger partial charge on any atom is 0.262 e. The molecule has 3 aromatic rings. The van der Waals surface area contributed by atoms with Crippen molar-refractivity contribution in [1.29, 1.82) is 5.26 Å². The van der Waals surface area contributed by atoms with Gasteiger partial charge in [0.05, 0.1) is 41.6 Å². The molecule has 1 atom stereocenters. The first kappa shape index (κ1) is 39.2. The second kappa shape index (κ2) is 14.5. The number of methoxy groups -OCH3 is 1. The first-order valence-corrected chi connectivity index (χ1v) is 20.6. The van der Waals surface area contributed by atoms with Crippen LogP contribution in [0.1, 0.15) is 101 Å². The lowest BCUT2D eigenvalue weighted by molar-refractivity contribution is -0.199. The topological polar surface area (TPSA) is 165 Å². The van der Waals surface area contributed by atoms with Gasteiger partial charge in [-0.05, 0) is 67.6 Å². The monoisotopic (exact) mass is 809 g/mol. The number of ether oxygens (including phenoxy) is 2. The van der Waals surface area contributed by atoms with Crippen LogP contribution in [0.3, 0.4) is 0 Å². The minimum Gasteiger partial charge on any atom is -0.495 e. The number of piperidine rings is 1. The molecule has 14 heteroatoms. The van der Waals surface area contributed by atoms with E-state index in [2.05, 4.69) is 60.7 Å². The van der Waals surface area contributed by atoms with Crippen molar-refractivity contribution in [2.45, 2.75) is 84.2 Å². The first-order chi connectivity index (χ1) is 28.7. The van der Waals surface area contributed by atoms with Crippen LogP contribution in [-0.4, -0.2) is 107 Å². The largest absolute Gasteiger partial charge is 0.495 e. The van der Waals surface area contributed by atoms with E-state index in [-0.39, 0.29) is 53.2 Å². The molecule has 1 aromatic heterocycles. The van der Waals surface area contributed by atoms with Crippen molar-refractivity contribution in [2.24, 2.45) is 16.7 Å². The van der Waals surface area contributed by atoms with Gasteiger partial charge in [-0.1, -0.05) is 33.6 Å². The Morgan fingerprint density at radius 1 is 0.850 bits per heavy atom. The third-order valence-corrected chi connectivity index (χ3v) is 13.5. The van der Waals surface area contributed by atoms with Gasteiger partial charge in [0.15, 0.2) is 0 Å². The predicted molar refractivity (Wildman–Crippen MR) is 218 cm³/mol. The van der Waals surface area contributed by atoms with Crippen molar-refractivity contribution < 1.29 is 33.4 Å². The number of nitriles is 1. The van der Waals surface area contributed by atoms with Crippen molar-refractivity contribution in [3.63, 3.8) is 0 Å². The molecule has 5 heterocycles. The first-order valence-electron chi connectivity index (χ1n) is 20.6. The summed E-state index contributed by atoms with van der Waals surface area (Å²) in [5.41, 5.74) is 3.17. The number of hydrogen-bond donors (Lipinski definition) is 1. The molecule has 0 radical (unpaired) electrons. The van der Waals surface area contributed by atoms with E-state index in [0.717, 1.165) is 55.3 Å². The molecule has 2 saturated heterocycles. The summed E-state index contributed by atoms with van der Waals surface area (Å²) >= 11 is 0. The van der Waals surface area contributed by atoms with E-state index in [1.165, 1.54) is 7.11 Å². The maximum absolute atomic E-state index is 13.8. The highest BCUT2D eigenvalue weighted by atomic mass is 16.5. The summed E-state index contributed by atoms with van der Waals surface area (Å²) in [7, 11) is 1.53. The number of amides is 5. The summed E-state index contributed by atoms with van der Waals surface area (Å²) in [5.74, 6) is 6.03. The summed E-state index contributed by atoms with van der Waals surface area (Å²) in [6, 6.07) is 15.7. The smallest absolute Gasteiger partial charge is 0.262 e. The molecule has 2 aliphatic carbocycles. The second-order valence-electron chi connectivity index (χ2n) is 17.9. The van der Waals surface area contributed by atoms with Gasteiger partial charge in [-0.25, -0.2) is 4.98 Å². The number of carbonyl (C=O) groups is 5. The van der Waals surface area contributed by atoms with Crippen molar-refractivity contribution in [1.82, 2.24) is 25.0 Å². The predicted octanol–water partition coefficient (Wildman–Crippen LogP) is 4.15. The molecular formula is C46H47N7O7. The molecule has 0 bridgehead atoms. The molecular weight excluding hydrogens is 763 g/mol. The number of benzene rings is 2. The van der Waals surface area contributed by atoms with Gasteiger partial charge in [0.2, 0.25) is 11.8 Å². The van der Waals surface area contributed by atoms with Crippen molar-refractivity contribution in [2.75, 3.05) is 38.2 Å². The van der Waals surface area contributed by atoms with Crippen LogP contribution in [0.25, 0.3) is 0 Å². The number of fused-ring (bicyclic) bond motifs is 2. The van der Waals surface area contributed by atoms with Gasteiger partial charge < -0.3 is 19.3 Å². The number of imide groups is 2. The molecule has 6 aliphatic rings. The number of nitrogens with one attached hydrogen (secondary N) is 1. The Balaban J connectivity index is 0.776. The van der Waals surface area contributed by atoms with Crippen LogP contribution in [-0.2, 0) is 16.1 Å². The number of aromatic nitrogens is 1. The quantitative estimate of drug-likeness (QED) is 0.269. The number of piperazine rings is 1. The Morgan fingerprint density at radius 2 is 1.57 bits per heavy atom. The Bertz CT molecular complexity index is 2450. The Kier molecular flexibility index (Phi) is 9.47. The lowest BCUT2D eigenvalue weighted by Gasteiger charge is -2.65. The van der Waals surface area contributed by atoms with Gasteiger partial charge in [-0.2, -0.15) is 5.26 Å². The van der Waals surface area contributed by atoms with Crippen LogP contribution in [0.15, 0.2) is 48.5 Å². The van der Waals surface area contributed by atoms with Crippen molar-refractivity contribution >= 4 is 35.2 Å². The van der Waals surface area contributed by atoms with Gasteiger partial charge in [-0.3, -0.25) is 39.1 Å². The van der Waals surface area contributed by atoms with Crippen molar-refractivity contribution in [3.05, 3.63) is 82.2 Å². The van der Waals surface area contributed by atoms with E-state index in [1.54, 1.807) is 30.3 Å². The lowest BCUT2D eigenvalue weighted by atomic mass is 9.49. The number of pyridine rings is 1. The van der Waals surface area contributed by atoms with Crippen molar-refractivity contribution in [3.8, 4) is 29.4 Å². The molecule has 1 N–H and O–H groups in total. The zero-order valence-corrected chi connectivity index (χ0v) is 34.4. The number of hydrogen-bond acceptors (Lipinski definition) is 11. The van der Waals surface area contributed by atoms with Gasteiger partial charge >= 0.3 is 0 Å².